The quantitative estimate of drug-likeness (QED) is 0.912. The molecular weight excluding hydrogens is 268 g/mol. The summed E-state index contributed by atoms with van der Waals surface area (Å²) in [5, 5.41) is 18.6. The topological polar surface area (TPSA) is 90.1 Å². The molecule has 1 unspecified atom stereocenters. The first-order valence-electron chi connectivity index (χ1n) is 7.25. The molecule has 6 heteroatoms. The van der Waals surface area contributed by atoms with Crippen LogP contribution < -0.4 is 4.90 Å². The Morgan fingerprint density at radius 3 is 2.95 bits per heavy atom. The number of nitriles is 1. The van der Waals surface area contributed by atoms with Gasteiger partial charge in [-0.25, -0.2) is 9.97 Å². The molecule has 2 rings (SSSR count). The van der Waals surface area contributed by atoms with E-state index < -0.39 is 11.4 Å². The second-order valence-corrected chi connectivity index (χ2v) is 5.67. The summed E-state index contributed by atoms with van der Waals surface area (Å²) in [5.74, 6) is -0.282. The van der Waals surface area contributed by atoms with Crippen molar-refractivity contribution in [1.82, 2.24) is 9.97 Å². The average Bonchev–Trinajstić information content (AvgIpc) is 2.47. The van der Waals surface area contributed by atoms with Crippen molar-refractivity contribution in [3.05, 3.63) is 17.5 Å². The van der Waals surface area contributed by atoms with Gasteiger partial charge in [0, 0.05) is 18.8 Å². The van der Waals surface area contributed by atoms with Crippen LogP contribution >= 0.6 is 0 Å². The van der Waals surface area contributed by atoms with Crippen LogP contribution in [0.1, 0.15) is 44.0 Å². The molecule has 21 heavy (non-hydrogen) atoms. The molecule has 0 aliphatic carbocycles. The Hall–Kier alpha value is -2.16. The molecule has 1 atom stereocenters. The molecule has 6 nitrogen and oxygen atoms in total. The van der Waals surface area contributed by atoms with Crippen LogP contribution in [0.5, 0.6) is 0 Å². The molecule has 112 valence electrons. The van der Waals surface area contributed by atoms with Crippen LogP contribution in [0.3, 0.4) is 0 Å². The van der Waals surface area contributed by atoms with Crippen LogP contribution in [0, 0.1) is 23.7 Å². The van der Waals surface area contributed by atoms with E-state index in [4.69, 9.17) is 5.26 Å². The molecule has 0 bridgehead atoms. The van der Waals surface area contributed by atoms with Gasteiger partial charge in [0.25, 0.3) is 0 Å². The highest BCUT2D eigenvalue weighted by atomic mass is 16.4. The van der Waals surface area contributed by atoms with Crippen molar-refractivity contribution < 1.29 is 9.90 Å². The fraction of sp³-hybridized carbons (Fsp3) is 0.600. The lowest BCUT2D eigenvalue weighted by molar-refractivity contribution is -0.150. The van der Waals surface area contributed by atoms with Crippen molar-refractivity contribution >= 4 is 11.9 Å². The lowest BCUT2D eigenvalue weighted by Crippen LogP contribution is -2.48. The van der Waals surface area contributed by atoms with Crippen LogP contribution in [0.25, 0.3) is 0 Å². The zero-order valence-corrected chi connectivity index (χ0v) is 12.5. The van der Waals surface area contributed by atoms with Gasteiger partial charge in [0.1, 0.15) is 11.8 Å². The Bertz CT molecular complexity index is 578. The van der Waals surface area contributed by atoms with Crippen LogP contribution in [0.15, 0.2) is 6.07 Å². The molecule has 0 aromatic carbocycles. The van der Waals surface area contributed by atoms with Gasteiger partial charge >= 0.3 is 5.97 Å². The number of anilines is 1. The van der Waals surface area contributed by atoms with E-state index in [-0.39, 0.29) is 0 Å². The van der Waals surface area contributed by atoms with E-state index in [2.05, 4.69) is 9.97 Å². The van der Waals surface area contributed by atoms with Gasteiger partial charge in [-0.15, -0.1) is 0 Å². The standard InChI is InChI=1S/C15H20N4O2/c1-3-5-15(13(20)21)6-4-7-19(10-15)14-17-11(2)8-12(9-16)18-14/h8H,3-7,10H2,1-2H3,(H,20,21). The zero-order valence-electron chi connectivity index (χ0n) is 12.5. The highest BCUT2D eigenvalue weighted by Crippen LogP contribution is 2.36. The van der Waals surface area contributed by atoms with E-state index in [1.54, 1.807) is 6.07 Å². The minimum Gasteiger partial charge on any atom is -0.481 e. The third-order valence-electron chi connectivity index (χ3n) is 4.00. The summed E-state index contributed by atoms with van der Waals surface area (Å²) in [6.07, 6.45) is 2.96. The van der Waals surface area contributed by atoms with E-state index in [1.807, 2.05) is 24.8 Å². The molecule has 1 N–H and O–H groups in total. The third-order valence-corrected chi connectivity index (χ3v) is 4.00. The molecule has 1 saturated heterocycles. The van der Waals surface area contributed by atoms with Gasteiger partial charge < -0.3 is 10.0 Å². The molecule has 1 aliphatic rings. The maximum absolute atomic E-state index is 11.7. The van der Waals surface area contributed by atoms with Crippen LogP contribution in [-0.2, 0) is 4.79 Å². The predicted molar refractivity (Wildman–Crippen MR) is 77.9 cm³/mol. The molecule has 1 fully saturated rings. The van der Waals surface area contributed by atoms with Crippen molar-refractivity contribution in [1.29, 1.82) is 5.26 Å². The first-order valence-corrected chi connectivity index (χ1v) is 7.25. The Balaban J connectivity index is 2.31. The summed E-state index contributed by atoms with van der Waals surface area (Å²) < 4.78 is 0. The third kappa shape index (κ3) is 3.13. The maximum Gasteiger partial charge on any atom is 0.311 e. The molecule has 1 aromatic rings. The van der Waals surface area contributed by atoms with Crippen molar-refractivity contribution in [2.24, 2.45) is 5.41 Å². The molecule has 2 heterocycles. The maximum atomic E-state index is 11.7. The first-order chi connectivity index (χ1) is 10.0. The molecule has 0 amide bonds. The van der Waals surface area contributed by atoms with Crippen LogP contribution in [0.2, 0.25) is 0 Å². The summed E-state index contributed by atoms with van der Waals surface area (Å²) in [5.41, 5.74) is 0.311. The fourth-order valence-corrected chi connectivity index (χ4v) is 3.02. The number of carboxylic acids is 1. The zero-order chi connectivity index (χ0) is 15.5. The lowest BCUT2D eigenvalue weighted by Gasteiger charge is -2.40. The summed E-state index contributed by atoms with van der Waals surface area (Å²) in [7, 11) is 0. The summed E-state index contributed by atoms with van der Waals surface area (Å²) in [6.45, 7) is 4.95. The smallest absolute Gasteiger partial charge is 0.311 e. The van der Waals surface area contributed by atoms with Crippen molar-refractivity contribution in [3.8, 4) is 6.07 Å². The van der Waals surface area contributed by atoms with E-state index in [1.165, 1.54) is 0 Å². The monoisotopic (exact) mass is 288 g/mol. The molecular formula is C15H20N4O2. The molecule has 0 saturated carbocycles. The highest BCUT2D eigenvalue weighted by molar-refractivity contribution is 5.75. The van der Waals surface area contributed by atoms with Gasteiger partial charge in [-0.1, -0.05) is 13.3 Å². The first kappa shape index (κ1) is 15.2. The van der Waals surface area contributed by atoms with Crippen molar-refractivity contribution in [2.45, 2.75) is 39.5 Å². The van der Waals surface area contributed by atoms with Crippen LogP contribution in [0.4, 0.5) is 5.95 Å². The van der Waals surface area contributed by atoms with Gasteiger partial charge in [0.05, 0.1) is 5.41 Å². The Morgan fingerprint density at radius 1 is 1.57 bits per heavy atom. The minimum absolute atomic E-state index is 0.319. The van der Waals surface area contributed by atoms with E-state index >= 15 is 0 Å². The average molecular weight is 288 g/mol. The SMILES string of the molecule is CCCC1(C(=O)O)CCCN(c2nc(C)cc(C#N)n2)C1. The number of piperidine rings is 1. The number of rotatable bonds is 4. The fourth-order valence-electron chi connectivity index (χ4n) is 3.02. The molecule has 1 aliphatic heterocycles. The number of aromatic nitrogens is 2. The minimum atomic E-state index is -0.748. The number of aryl methyl sites for hydroxylation is 1. The summed E-state index contributed by atoms with van der Waals surface area (Å²) in [4.78, 5) is 22.2. The highest BCUT2D eigenvalue weighted by Gasteiger charge is 2.42. The molecule has 0 radical (unpaired) electrons. The van der Waals surface area contributed by atoms with Crippen LogP contribution in [-0.4, -0.2) is 34.1 Å². The lowest BCUT2D eigenvalue weighted by atomic mass is 9.76. The van der Waals surface area contributed by atoms with Gasteiger partial charge in [-0.05, 0) is 32.3 Å². The number of nitrogens with zero attached hydrogens (tertiary/aromatic N) is 4. The number of carboxylic acid groups (broad SMARTS) is 1. The van der Waals surface area contributed by atoms with E-state index in [0.717, 1.165) is 25.1 Å². The molecule has 1 aromatic heterocycles. The van der Waals surface area contributed by atoms with Gasteiger partial charge in [-0.3, -0.25) is 4.79 Å². The molecule has 0 spiro atoms. The van der Waals surface area contributed by atoms with Crippen molar-refractivity contribution in [3.63, 3.8) is 0 Å². The van der Waals surface area contributed by atoms with E-state index in [0.29, 0.717) is 31.0 Å². The summed E-state index contributed by atoms with van der Waals surface area (Å²) >= 11 is 0. The Labute approximate surface area is 124 Å². The Morgan fingerprint density at radius 2 is 2.33 bits per heavy atom. The second kappa shape index (κ2) is 6.08. The van der Waals surface area contributed by atoms with Gasteiger partial charge in [0.15, 0.2) is 0 Å². The van der Waals surface area contributed by atoms with Gasteiger partial charge in [-0.2, -0.15) is 5.26 Å². The normalized spacial score (nSPS) is 21.9. The number of aliphatic carboxylic acids is 1. The summed E-state index contributed by atoms with van der Waals surface area (Å²) in [6, 6.07) is 3.65. The van der Waals surface area contributed by atoms with Crippen molar-refractivity contribution in [2.75, 3.05) is 18.0 Å². The number of carbonyl (C=O) groups is 1. The number of hydrogen-bond acceptors (Lipinski definition) is 5. The van der Waals surface area contributed by atoms with E-state index in [9.17, 15) is 9.90 Å². The second-order valence-electron chi connectivity index (χ2n) is 5.67. The predicted octanol–water partition coefficient (Wildman–Crippen LogP) is 2.13. The number of hydrogen-bond donors (Lipinski definition) is 1. The van der Waals surface area contributed by atoms with Gasteiger partial charge in [0.2, 0.25) is 5.95 Å². The largest absolute Gasteiger partial charge is 0.481 e. The Kier molecular flexibility index (Phi) is 4.41.